The molecule has 2 amide bonds. The van der Waals surface area contributed by atoms with Gasteiger partial charge in [-0.1, -0.05) is 0 Å². The largest absolute Gasteiger partial charge is 0.491 e. The lowest BCUT2D eigenvalue weighted by atomic mass is 10.2. The number of carbonyl (C=O) groups excluding carboxylic acids is 2. The average molecular weight is 266 g/mol. The number of benzene rings is 1. The first-order valence-corrected chi connectivity index (χ1v) is 5.92. The van der Waals surface area contributed by atoms with E-state index in [4.69, 9.17) is 15.6 Å². The molecule has 0 fully saturated rings. The predicted octanol–water partition coefficient (Wildman–Crippen LogP) is 0.0498. The molecule has 0 radical (unpaired) electrons. The number of primary amides is 1. The third kappa shape index (κ3) is 4.97. The van der Waals surface area contributed by atoms with Gasteiger partial charge in [-0.15, -0.1) is 0 Å². The van der Waals surface area contributed by atoms with Gasteiger partial charge in [0.1, 0.15) is 11.9 Å². The second-order valence-corrected chi connectivity index (χ2v) is 4.32. The standard InChI is InChI=1S/C13H18N2O4/c1-8(2)19-10-5-3-9(4-6-10)13(18)15-7-11(16)12(14)17/h3-6,8,11,16H,7H2,1-2H3,(H2,14,17)(H,15,18). The van der Waals surface area contributed by atoms with Gasteiger partial charge in [0.25, 0.3) is 5.91 Å². The Morgan fingerprint density at radius 3 is 2.37 bits per heavy atom. The summed E-state index contributed by atoms with van der Waals surface area (Å²) in [6.07, 6.45) is -1.32. The highest BCUT2D eigenvalue weighted by atomic mass is 16.5. The molecular weight excluding hydrogens is 248 g/mol. The molecule has 0 saturated heterocycles. The number of nitrogens with one attached hydrogen (secondary N) is 1. The van der Waals surface area contributed by atoms with Gasteiger partial charge in [-0.25, -0.2) is 0 Å². The van der Waals surface area contributed by atoms with Crippen LogP contribution < -0.4 is 15.8 Å². The minimum atomic E-state index is -1.38. The van der Waals surface area contributed by atoms with Crippen LogP contribution in [-0.4, -0.2) is 35.7 Å². The van der Waals surface area contributed by atoms with Crippen LogP contribution in [0.4, 0.5) is 0 Å². The SMILES string of the molecule is CC(C)Oc1ccc(C(=O)NCC(O)C(N)=O)cc1. The van der Waals surface area contributed by atoms with Gasteiger partial charge in [0.05, 0.1) is 12.6 Å². The Bertz CT molecular complexity index is 442. The van der Waals surface area contributed by atoms with E-state index in [0.717, 1.165) is 0 Å². The molecule has 4 N–H and O–H groups in total. The third-order valence-electron chi connectivity index (χ3n) is 2.27. The van der Waals surface area contributed by atoms with E-state index < -0.39 is 17.9 Å². The number of ether oxygens (including phenoxy) is 1. The minimum Gasteiger partial charge on any atom is -0.491 e. The number of nitrogens with two attached hydrogens (primary N) is 1. The lowest BCUT2D eigenvalue weighted by Gasteiger charge is -2.11. The average Bonchev–Trinajstić information content (AvgIpc) is 2.35. The van der Waals surface area contributed by atoms with Crippen LogP contribution in [0.5, 0.6) is 5.75 Å². The summed E-state index contributed by atoms with van der Waals surface area (Å²) < 4.78 is 5.45. The number of rotatable bonds is 6. The number of hydrogen-bond donors (Lipinski definition) is 3. The van der Waals surface area contributed by atoms with E-state index in [1.54, 1.807) is 24.3 Å². The van der Waals surface area contributed by atoms with E-state index in [1.807, 2.05) is 13.8 Å². The molecule has 0 bridgehead atoms. The summed E-state index contributed by atoms with van der Waals surface area (Å²) in [5.74, 6) is -0.596. The van der Waals surface area contributed by atoms with Crippen LogP contribution in [0.3, 0.4) is 0 Å². The number of carbonyl (C=O) groups is 2. The van der Waals surface area contributed by atoms with Crippen molar-refractivity contribution in [2.24, 2.45) is 5.73 Å². The van der Waals surface area contributed by atoms with Gasteiger partial charge < -0.3 is 20.9 Å². The van der Waals surface area contributed by atoms with Gasteiger partial charge in [0.2, 0.25) is 5.91 Å². The summed E-state index contributed by atoms with van der Waals surface area (Å²) in [6, 6.07) is 6.56. The molecule has 1 aromatic rings. The van der Waals surface area contributed by atoms with Crippen molar-refractivity contribution in [3.63, 3.8) is 0 Å². The van der Waals surface area contributed by atoms with E-state index in [1.165, 1.54) is 0 Å². The fourth-order valence-electron chi connectivity index (χ4n) is 1.35. The number of aliphatic hydroxyl groups is 1. The summed E-state index contributed by atoms with van der Waals surface area (Å²) in [5, 5.41) is 11.6. The molecule has 0 aromatic heterocycles. The first-order valence-electron chi connectivity index (χ1n) is 5.92. The van der Waals surface area contributed by atoms with Crippen LogP contribution in [0.2, 0.25) is 0 Å². The molecule has 1 unspecified atom stereocenters. The summed E-state index contributed by atoms with van der Waals surface area (Å²) in [7, 11) is 0. The quantitative estimate of drug-likeness (QED) is 0.677. The Hall–Kier alpha value is -2.08. The van der Waals surface area contributed by atoms with Crippen molar-refractivity contribution < 1.29 is 19.4 Å². The summed E-state index contributed by atoms with van der Waals surface area (Å²) >= 11 is 0. The number of amides is 2. The van der Waals surface area contributed by atoms with Gasteiger partial charge in [0, 0.05) is 5.56 Å². The smallest absolute Gasteiger partial charge is 0.251 e. The zero-order valence-electron chi connectivity index (χ0n) is 10.9. The lowest BCUT2D eigenvalue weighted by molar-refractivity contribution is -0.125. The monoisotopic (exact) mass is 266 g/mol. The van der Waals surface area contributed by atoms with Crippen LogP contribution in [0, 0.1) is 0 Å². The molecule has 0 aliphatic rings. The van der Waals surface area contributed by atoms with Gasteiger partial charge in [-0.3, -0.25) is 9.59 Å². The van der Waals surface area contributed by atoms with Crippen molar-refractivity contribution in [3.8, 4) is 5.75 Å². The molecule has 104 valence electrons. The Morgan fingerprint density at radius 2 is 1.89 bits per heavy atom. The molecule has 0 saturated carbocycles. The molecular formula is C13H18N2O4. The van der Waals surface area contributed by atoms with Gasteiger partial charge in [0.15, 0.2) is 0 Å². The molecule has 1 aromatic carbocycles. The Morgan fingerprint density at radius 1 is 1.32 bits per heavy atom. The molecule has 0 spiro atoms. The van der Waals surface area contributed by atoms with Gasteiger partial charge in [-0.2, -0.15) is 0 Å². The summed E-state index contributed by atoms with van der Waals surface area (Å²) in [5.41, 5.74) is 5.28. The van der Waals surface area contributed by atoms with Gasteiger partial charge in [-0.05, 0) is 38.1 Å². The van der Waals surface area contributed by atoms with E-state index in [9.17, 15) is 9.59 Å². The number of hydrogen-bond acceptors (Lipinski definition) is 4. The van der Waals surface area contributed by atoms with Crippen molar-refractivity contribution in [2.75, 3.05) is 6.54 Å². The zero-order valence-corrected chi connectivity index (χ0v) is 10.9. The predicted molar refractivity (Wildman–Crippen MR) is 69.7 cm³/mol. The van der Waals surface area contributed by atoms with E-state index in [0.29, 0.717) is 11.3 Å². The maximum Gasteiger partial charge on any atom is 0.251 e. The maximum atomic E-state index is 11.7. The molecule has 6 heteroatoms. The Labute approximate surface area is 111 Å². The van der Waals surface area contributed by atoms with Crippen molar-refractivity contribution in [3.05, 3.63) is 29.8 Å². The first-order chi connectivity index (χ1) is 8.90. The third-order valence-corrected chi connectivity index (χ3v) is 2.27. The van der Waals surface area contributed by atoms with Crippen LogP contribution in [-0.2, 0) is 4.79 Å². The van der Waals surface area contributed by atoms with E-state index in [2.05, 4.69) is 5.32 Å². The highest BCUT2D eigenvalue weighted by Crippen LogP contribution is 2.13. The summed E-state index contributed by atoms with van der Waals surface area (Å²) in [6.45, 7) is 3.61. The van der Waals surface area contributed by atoms with Crippen molar-refractivity contribution in [1.29, 1.82) is 0 Å². The fraction of sp³-hybridized carbons (Fsp3) is 0.385. The van der Waals surface area contributed by atoms with Crippen LogP contribution in [0.25, 0.3) is 0 Å². The van der Waals surface area contributed by atoms with Crippen LogP contribution >= 0.6 is 0 Å². The minimum absolute atomic E-state index is 0.0605. The Kier molecular flexibility index (Phi) is 5.32. The van der Waals surface area contributed by atoms with Crippen LogP contribution in [0.1, 0.15) is 24.2 Å². The molecule has 0 aliphatic heterocycles. The zero-order chi connectivity index (χ0) is 14.4. The first kappa shape index (κ1) is 15.0. The van der Waals surface area contributed by atoms with Crippen molar-refractivity contribution in [2.45, 2.75) is 26.1 Å². The second-order valence-electron chi connectivity index (χ2n) is 4.32. The molecule has 0 aliphatic carbocycles. The second kappa shape index (κ2) is 6.75. The Balaban J connectivity index is 2.55. The number of aliphatic hydroxyl groups excluding tert-OH is 1. The lowest BCUT2D eigenvalue weighted by Crippen LogP contribution is -2.39. The highest BCUT2D eigenvalue weighted by molar-refractivity contribution is 5.94. The summed E-state index contributed by atoms with van der Waals surface area (Å²) in [4.78, 5) is 22.3. The van der Waals surface area contributed by atoms with Crippen molar-refractivity contribution in [1.82, 2.24) is 5.32 Å². The fourth-order valence-corrected chi connectivity index (χ4v) is 1.35. The maximum absolute atomic E-state index is 11.7. The highest BCUT2D eigenvalue weighted by Gasteiger charge is 2.13. The molecule has 0 heterocycles. The van der Waals surface area contributed by atoms with Crippen molar-refractivity contribution >= 4 is 11.8 Å². The normalized spacial score (nSPS) is 12.0. The topological polar surface area (TPSA) is 102 Å². The van der Waals surface area contributed by atoms with E-state index >= 15 is 0 Å². The molecule has 1 atom stereocenters. The van der Waals surface area contributed by atoms with E-state index in [-0.39, 0.29) is 12.6 Å². The molecule has 1 rings (SSSR count). The molecule has 19 heavy (non-hydrogen) atoms. The molecule has 6 nitrogen and oxygen atoms in total. The van der Waals surface area contributed by atoms with Gasteiger partial charge >= 0.3 is 0 Å². The van der Waals surface area contributed by atoms with Crippen LogP contribution in [0.15, 0.2) is 24.3 Å².